The molecule has 46 heavy (non-hydrogen) atoms. The number of ether oxygens (including phenoxy) is 3. The Balaban J connectivity index is 2.63. The number of likely N-dealkylation sites (N-methyl/N-ethyl adjacent to an activating group) is 1. The number of hydrogen-bond donors (Lipinski definition) is 3. The normalized spacial score (nSPS) is 27.5. The second-order valence-electron chi connectivity index (χ2n) is 12.2. The van der Waals surface area contributed by atoms with Crippen molar-refractivity contribution in [1.82, 2.24) is 10.2 Å². The maximum Gasteiger partial charge on any atom is 0.406 e. The molecule has 0 aliphatic carbocycles. The molecule has 3 amide bonds. The zero-order valence-corrected chi connectivity index (χ0v) is 28.7. The van der Waals surface area contributed by atoms with Gasteiger partial charge in [-0.05, 0) is 69.1 Å². The zero-order valence-electron chi connectivity index (χ0n) is 27.9. The lowest BCUT2D eigenvalue weighted by atomic mass is 9.86. The van der Waals surface area contributed by atoms with E-state index in [-0.39, 0.29) is 35.6 Å². The van der Waals surface area contributed by atoms with E-state index in [1.807, 2.05) is 26.8 Å². The quantitative estimate of drug-likeness (QED) is 0.216. The molecule has 2 bridgehead atoms. The third-order valence-electron chi connectivity index (χ3n) is 8.42. The van der Waals surface area contributed by atoms with Crippen molar-refractivity contribution in [2.75, 3.05) is 33.2 Å². The van der Waals surface area contributed by atoms with Crippen molar-refractivity contribution in [3.63, 3.8) is 0 Å². The molecule has 0 fully saturated rings. The van der Waals surface area contributed by atoms with Crippen LogP contribution in [0.15, 0.2) is 35.9 Å². The van der Waals surface area contributed by atoms with Crippen molar-refractivity contribution in [2.24, 2.45) is 11.8 Å². The van der Waals surface area contributed by atoms with E-state index in [4.69, 9.17) is 25.8 Å². The summed E-state index contributed by atoms with van der Waals surface area (Å²) in [6.45, 7) is 7.21. The predicted octanol–water partition coefficient (Wildman–Crippen LogP) is 4.56. The highest BCUT2D eigenvalue weighted by Crippen LogP contribution is 2.37. The monoisotopic (exact) mass is 665 g/mol. The molecule has 1 aromatic carbocycles. The number of aliphatic hydroxyl groups is 1. The molecule has 0 spiro atoms. The molecule has 256 valence electrons. The molecule has 0 saturated carbocycles. The molecular formula is C33H48ClN3O9. The number of benzene rings is 1. The average Bonchev–Trinajstić information content (AvgIpc) is 3.00. The van der Waals surface area contributed by atoms with Crippen LogP contribution in [0.5, 0.6) is 5.75 Å². The highest BCUT2D eigenvalue weighted by molar-refractivity contribution is 6.35. The Morgan fingerprint density at radius 3 is 2.52 bits per heavy atom. The lowest BCUT2D eigenvalue weighted by Crippen LogP contribution is -2.56. The van der Waals surface area contributed by atoms with Crippen LogP contribution in [0.1, 0.15) is 58.9 Å². The number of carboxylic acid groups (broad SMARTS) is 1. The fourth-order valence-corrected chi connectivity index (χ4v) is 5.72. The predicted molar refractivity (Wildman–Crippen MR) is 175 cm³/mol. The first-order valence-electron chi connectivity index (χ1n) is 15.2. The van der Waals surface area contributed by atoms with Crippen LogP contribution in [0.2, 0.25) is 5.02 Å². The average molecular weight is 666 g/mol. The summed E-state index contributed by atoms with van der Waals surface area (Å²) in [7, 11) is 5.93. The Hall–Kier alpha value is -3.61. The number of carbonyl (C=O) groups is 4. The summed E-state index contributed by atoms with van der Waals surface area (Å²) in [6.07, 6.45) is 3.52. The molecule has 1 aliphatic rings. The van der Waals surface area contributed by atoms with E-state index in [0.717, 1.165) is 11.1 Å². The van der Waals surface area contributed by atoms with Crippen molar-refractivity contribution >= 4 is 41.7 Å². The van der Waals surface area contributed by atoms with Gasteiger partial charge in [-0.25, -0.2) is 9.59 Å². The van der Waals surface area contributed by atoms with Crippen LogP contribution in [0, 0.1) is 11.8 Å². The van der Waals surface area contributed by atoms with E-state index >= 15 is 0 Å². The third-order valence-corrected chi connectivity index (χ3v) is 8.80. The minimum atomic E-state index is -1.93. The number of esters is 1. The number of amides is 3. The van der Waals surface area contributed by atoms with Gasteiger partial charge in [0.05, 0.1) is 19.2 Å². The van der Waals surface area contributed by atoms with Gasteiger partial charge in [0.1, 0.15) is 29.0 Å². The van der Waals surface area contributed by atoms with E-state index in [1.165, 1.54) is 38.0 Å². The number of nitrogens with zero attached hydrogens (tertiary/aromatic N) is 2. The summed E-state index contributed by atoms with van der Waals surface area (Å²) in [5.41, 5.74) is 0.203. The Labute approximate surface area is 276 Å². The van der Waals surface area contributed by atoms with Gasteiger partial charge in [-0.15, -0.1) is 0 Å². The zero-order chi connectivity index (χ0) is 34.8. The molecule has 1 heterocycles. The van der Waals surface area contributed by atoms with Crippen molar-refractivity contribution in [2.45, 2.75) is 83.8 Å². The standard InChI is InChI=1S/C33H48ClN3O9/c1-20-10-9-11-28(45-8)33(43,35-32(41)42)13-12-21(2)14-22(3)26(46-31(40)23(4)36(5)19-38)18-29(39)37(6)25-16-24(15-20)17-27(44-7)30(25)34/h9-11,16-17,19,21-23,26,28,35,43H,12-15,18H2,1-8H3,(H,41,42)/b11-9+,20-10+/t21?,22?,23-,26?,28?,33?/m0/s1. The van der Waals surface area contributed by atoms with Gasteiger partial charge in [-0.1, -0.05) is 49.2 Å². The maximum atomic E-state index is 13.7. The van der Waals surface area contributed by atoms with Crippen molar-refractivity contribution in [1.29, 1.82) is 0 Å². The second kappa shape index (κ2) is 17.3. The number of allylic oxidation sites excluding steroid dienone is 3. The third kappa shape index (κ3) is 10.5. The van der Waals surface area contributed by atoms with Crippen LogP contribution in [0.3, 0.4) is 0 Å². The van der Waals surface area contributed by atoms with Gasteiger partial charge < -0.3 is 34.2 Å². The summed E-state index contributed by atoms with van der Waals surface area (Å²) < 4.78 is 16.9. The Morgan fingerprint density at radius 2 is 1.93 bits per heavy atom. The van der Waals surface area contributed by atoms with Crippen molar-refractivity contribution in [3.8, 4) is 5.75 Å². The lowest BCUT2D eigenvalue weighted by Gasteiger charge is -2.35. The van der Waals surface area contributed by atoms with Gasteiger partial charge in [0.25, 0.3) is 0 Å². The summed E-state index contributed by atoms with van der Waals surface area (Å²) in [6, 6.07) is 2.69. The van der Waals surface area contributed by atoms with Crippen LogP contribution in [-0.2, 0) is 30.3 Å². The first kappa shape index (κ1) is 38.6. The van der Waals surface area contributed by atoms with E-state index in [2.05, 4.69) is 5.32 Å². The number of hydrogen-bond acceptors (Lipinski definition) is 8. The number of carbonyl (C=O) groups excluding carboxylic acids is 3. The Kier molecular flexibility index (Phi) is 14.5. The van der Waals surface area contributed by atoms with Gasteiger partial charge in [-0.3, -0.25) is 14.9 Å². The summed E-state index contributed by atoms with van der Waals surface area (Å²) in [5.74, 6) is -1.07. The van der Waals surface area contributed by atoms with Crippen molar-refractivity contribution < 1.29 is 43.6 Å². The Bertz CT molecular complexity index is 1300. The van der Waals surface area contributed by atoms with Gasteiger partial charge in [-0.2, -0.15) is 0 Å². The van der Waals surface area contributed by atoms with Crippen LogP contribution < -0.4 is 15.0 Å². The van der Waals surface area contributed by atoms with Crippen LogP contribution in [0.4, 0.5) is 10.5 Å². The maximum absolute atomic E-state index is 13.7. The molecule has 2 rings (SSSR count). The van der Waals surface area contributed by atoms with Crippen LogP contribution in [0.25, 0.3) is 0 Å². The Morgan fingerprint density at radius 1 is 1.26 bits per heavy atom. The molecular weight excluding hydrogens is 618 g/mol. The fourth-order valence-electron chi connectivity index (χ4n) is 5.41. The van der Waals surface area contributed by atoms with Crippen molar-refractivity contribution in [3.05, 3.63) is 46.5 Å². The minimum Gasteiger partial charge on any atom is -0.495 e. The molecule has 0 saturated heterocycles. The van der Waals surface area contributed by atoms with Crippen LogP contribution in [-0.4, -0.2) is 91.8 Å². The number of rotatable bonds is 7. The topological polar surface area (TPSA) is 155 Å². The SMILES string of the molecule is COc1cc2cc(c1Cl)N(C)C(=O)CC(OC(=O)[C@H](C)N(C)C=O)C(C)CC(C)CCC(O)(NC(=O)O)C(OC)/C=C/C=C(\C)C2. The van der Waals surface area contributed by atoms with Gasteiger partial charge >= 0.3 is 12.1 Å². The molecule has 3 N–H and O–H groups in total. The molecule has 13 heteroatoms. The molecule has 6 atom stereocenters. The molecule has 1 aromatic rings. The van der Waals surface area contributed by atoms with Gasteiger partial charge in [0.15, 0.2) is 5.72 Å². The number of nitrogens with one attached hydrogen (secondary N) is 1. The first-order valence-corrected chi connectivity index (χ1v) is 15.5. The van der Waals surface area contributed by atoms with Gasteiger partial charge in [0, 0.05) is 21.2 Å². The second-order valence-corrected chi connectivity index (χ2v) is 12.5. The summed E-state index contributed by atoms with van der Waals surface area (Å²) in [4.78, 5) is 52.4. The molecule has 5 unspecified atom stereocenters. The number of anilines is 1. The highest BCUT2D eigenvalue weighted by atomic mass is 35.5. The molecule has 0 aromatic heterocycles. The number of methoxy groups -OCH3 is 2. The largest absolute Gasteiger partial charge is 0.495 e. The van der Waals surface area contributed by atoms with E-state index < -0.39 is 36.0 Å². The molecule has 1 aliphatic heterocycles. The summed E-state index contributed by atoms with van der Waals surface area (Å²) >= 11 is 6.67. The smallest absolute Gasteiger partial charge is 0.406 e. The van der Waals surface area contributed by atoms with E-state index in [1.54, 1.807) is 31.3 Å². The first-order chi connectivity index (χ1) is 21.6. The summed E-state index contributed by atoms with van der Waals surface area (Å²) in [5, 5.41) is 23.5. The van der Waals surface area contributed by atoms with E-state index in [0.29, 0.717) is 37.1 Å². The number of fused-ring (bicyclic) bond motifs is 2. The minimum absolute atomic E-state index is 0.0240. The fraction of sp³-hybridized carbons (Fsp3) is 0.576. The molecule has 0 radical (unpaired) electrons. The van der Waals surface area contributed by atoms with Gasteiger partial charge in [0.2, 0.25) is 12.3 Å². The van der Waals surface area contributed by atoms with E-state index in [9.17, 15) is 29.4 Å². The molecule has 12 nitrogen and oxygen atoms in total. The number of halogens is 1. The highest BCUT2D eigenvalue weighted by Gasteiger charge is 2.38. The lowest BCUT2D eigenvalue weighted by molar-refractivity contribution is -0.159. The van der Waals surface area contributed by atoms with Crippen LogP contribution >= 0.6 is 11.6 Å².